The fourth-order valence-electron chi connectivity index (χ4n) is 1.79. The van der Waals surface area contributed by atoms with Crippen LogP contribution in [0, 0.1) is 11.3 Å². The average Bonchev–Trinajstić information content (AvgIpc) is 2.50. The predicted octanol–water partition coefficient (Wildman–Crippen LogP) is 2.50. The third-order valence-electron chi connectivity index (χ3n) is 2.81. The highest BCUT2D eigenvalue weighted by Gasteiger charge is 2.06. The number of ether oxygens (including phenoxy) is 3. The Hall–Kier alpha value is -1.77. The maximum absolute atomic E-state index is 8.51. The van der Waals surface area contributed by atoms with Crippen LogP contribution in [0.5, 0.6) is 11.5 Å². The van der Waals surface area contributed by atoms with E-state index in [1.807, 2.05) is 25.1 Å². The van der Waals surface area contributed by atoms with E-state index >= 15 is 0 Å². The Bertz CT molecular complexity index is 444. The van der Waals surface area contributed by atoms with Crippen LogP contribution in [-0.2, 0) is 11.3 Å². The monoisotopic (exact) mass is 292 g/mol. The van der Waals surface area contributed by atoms with Crippen LogP contribution in [0.15, 0.2) is 18.2 Å². The number of hydrogen-bond donors (Lipinski definition) is 1. The molecule has 0 aliphatic carbocycles. The van der Waals surface area contributed by atoms with E-state index in [2.05, 4.69) is 11.4 Å². The summed E-state index contributed by atoms with van der Waals surface area (Å²) >= 11 is 0. The predicted molar refractivity (Wildman–Crippen MR) is 81.5 cm³/mol. The van der Waals surface area contributed by atoms with E-state index in [9.17, 15) is 0 Å². The van der Waals surface area contributed by atoms with Gasteiger partial charge in [0.2, 0.25) is 0 Å². The fraction of sp³-hybridized carbons (Fsp3) is 0.562. The summed E-state index contributed by atoms with van der Waals surface area (Å²) in [6.07, 6.45) is 1.23. The summed E-state index contributed by atoms with van der Waals surface area (Å²) in [5.41, 5.74) is 1.14. The SMILES string of the molecule is CCOc1cc(CNCCOC)ccc1OCCCC#N. The molecule has 116 valence electrons. The van der Waals surface area contributed by atoms with E-state index in [4.69, 9.17) is 19.5 Å². The molecule has 21 heavy (non-hydrogen) atoms. The Morgan fingerprint density at radius 1 is 1.19 bits per heavy atom. The lowest BCUT2D eigenvalue weighted by atomic mass is 10.2. The van der Waals surface area contributed by atoms with Crippen molar-refractivity contribution in [3.8, 4) is 17.6 Å². The first-order valence-corrected chi connectivity index (χ1v) is 7.27. The van der Waals surface area contributed by atoms with Crippen molar-refractivity contribution in [3.63, 3.8) is 0 Å². The van der Waals surface area contributed by atoms with Crippen molar-refractivity contribution in [1.29, 1.82) is 5.26 Å². The lowest BCUT2D eigenvalue weighted by molar-refractivity contribution is 0.199. The topological polar surface area (TPSA) is 63.5 Å². The molecular weight excluding hydrogens is 268 g/mol. The Labute approximate surface area is 126 Å². The van der Waals surface area contributed by atoms with Gasteiger partial charge in [0.15, 0.2) is 11.5 Å². The van der Waals surface area contributed by atoms with Gasteiger partial charge in [-0.2, -0.15) is 5.26 Å². The summed E-state index contributed by atoms with van der Waals surface area (Å²) < 4.78 is 16.3. The molecule has 1 aromatic carbocycles. The second-order valence-electron chi connectivity index (χ2n) is 4.49. The second kappa shape index (κ2) is 11.0. The minimum absolute atomic E-state index is 0.505. The number of unbranched alkanes of at least 4 members (excludes halogenated alkanes) is 1. The smallest absolute Gasteiger partial charge is 0.161 e. The summed E-state index contributed by atoms with van der Waals surface area (Å²) in [5, 5.41) is 11.8. The van der Waals surface area contributed by atoms with Gasteiger partial charge >= 0.3 is 0 Å². The fourth-order valence-corrected chi connectivity index (χ4v) is 1.79. The maximum Gasteiger partial charge on any atom is 0.161 e. The quantitative estimate of drug-likeness (QED) is 0.635. The van der Waals surface area contributed by atoms with E-state index < -0.39 is 0 Å². The van der Waals surface area contributed by atoms with Gasteiger partial charge < -0.3 is 19.5 Å². The molecule has 0 atom stereocenters. The lowest BCUT2D eigenvalue weighted by Crippen LogP contribution is -2.18. The molecule has 0 bridgehead atoms. The molecule has 0 amide bonds. The highest BCUT2D eigenvalue weighted by atomic mass is 16.5. The zero-order valence-corrected chi connectivity index (χ0v) is 12.9. The number of methoxy groups -OCH3 is 1. The molecule has 0 saturated heterocycles. The van der Waals surface area contributed by atoms with Crippen molar-refractivity contribution in [2.45, 2.75) is 26.3 Å². The van der Waals surface area contributed by atoms with E-state index in [0.717, 1.165) is 36.6 Å². The summed E-state index contributed by atoms with van der Waals surface area (Å²) in [5.74, 6) is 1.48. The van der Waals surface area contributed by atoms with Crippen LogP contribution in [-0.4, -0.2) is 33.5 Å². The molecule has 0 aliphatic heterocycles. The molecule has 1 aromatic rings. The molecule has 1 rings (SSSR count). The third kappa shape index (κ3) is 6.98. The number of nitriles is 1. The second-order valence-corrected chi connectivity index (χ2v) is 4.49. The minimum Gasteiger partial charge on any atom is -0.490 e. The van der Waals surface area contributed by atoms with Gasteiger partial charge in [0.25, 0.3) is 0 Å². The summed E-state index contributed by atoms with van der Waals surface area (Å²) in [4.78, 5) is 0. The largest absolute Gasteiger partial charge is 0.490 e. The van der Waals surface area contributed by atoms with E-state index in [1.165, 1.54) is 0 Å². The number of nitrogens with zero attached hydrogens (tertiary/aromatic N) is 1. The molecule has 0 fully saturated rings. The molecule has 0 saturated carbocycles. The third-order valence-corrected chi connectivity index (χ3v) is 2.81. The highest BCUT2D eigenvalue weighted by molar-refractivity contribution is 5.43. The van der Waals surface area contributed by atoms with Gasteiger partial charge in [0, 0.05) is 26.6 Å². The first-order chi connectivity index (χ1) is 10.3. The van der Waals surface area contributed by atoms with Crippen LogP contribution in [0.4, 0.5) is 0 Å². The molecule has 1 N–H and O–H groups in total. The number of benzene rings is 1. The maximum atomic E-state index is 8.51. The molecule has 5 heteroatoms. The van der Waals surface area contributed by atoms with Crippen molar-refractivity contribution in [2.24, 2.45) is 0 Å². The van der Waals surface area contributed by atoms with Gasteiger partial charge in [-0.15, -0.1) is 0 Å². The first kappa shape index (κ1) is 17.3. The normalized spacial score (nSPS) is 10.1. The van der Waals surface area contributed by atoms with Crippen LogP contribution >= 0.6 is 0 Å². The van der Waals surface area contributed by atoms with Gasteiger partial charge in [0.05, 0.1) is 25.9 Å². The molecule has 0 radical (unpaired) electrons. The number of nitrogens with one attached hydrogen (secondary N) is 1. The average molecular weight is 292 g/mol. The Morgan fingerprint density at radius 2 is 2.05 bits per heavy atom. The van der Waals surface area contributed by atoms with Crippen LogP contribution in [0.3, 0.4) is 0 Å². The van der Waals surface area contributed by atoms with Crippen LogP contribution in [0.1, 0.15) is 25.3 Å². The molecule has 0 unspecified atom stereocenters. The van der Waals surface area contributed by atoms with E-state index in [1.54, 1.807) is 7.11 Å². The van der Waals surface area contributed by atoms with Crippen molar-refractivity contribution in [1.82, 2.24) is 5.32 Å². The van der Waals surface area contributed by atoms with Crippen molar-refractivity contribution >= 4 is 0 Å². The molecule has 0 aliphatic rings. The van der Waals surface area contributed by atoms with E-state index in [-0.39, 0.29) is 0 Å². The van der Waals surface area contributed by atoms with Crippen molar-refractivity contribution in [2.75, 3.05) is 33.5 Å². The van der Waals surface area contributed by atoms with Gasteiger partial charge in [-0.1, -0.05) is 6.07 Å². The van der Waals surface area contributed by atoms with Crippen LogP contribution in [0.2, 0.25) is 0 Å². The van der Waals surface area contributed by atoms with E-state index in [0.29, 0.717) is 26.2 Å². The highest BCUT2D eigenvalue weighted by Crippen LogP contribution is 2.28. The van der Waals surface area contributed by atoms with Crippen LogP contribution in [0.25, 0.3) is 0 Å². The number of rotatable bonds is 11. The molecular formula is C16H24N2O3. The van der Waals surface area contributed by atoms with Gasteiger partial charge in [0.1, 0.15) is 0 Å². The Morgan fingerprint density at radius 3 is 2.76 bits per heavy atom. The Balaban J connectivity index is 2.56. The Kier molecular flexibility index (Phi) is 9.01. The summed E-state index contributed by atoms with van der Waals surface area (Å²) in [7, 11) is 1.69. The molecule has 0 heterocycles. The zero-order chi connectivity index (χ0) is 15.3. The number of hydrogen-bond acceptors (Lipinski definition) is 5. The van der Waals surface area contributed by atoms with Crippen molar-refractivity contribution < 1.29 is 14.2 Å². The molecule has 5 nitrogen and oxygen atoms in total. The van der Waals surface area contributed by atoms with Gasteiger partial charge in [-0.25, -0.2) is 0 Å². The van der Waals surface area contributed by atoms with Crippen LogP contribution < -0.4 is 14.8 Å². The standard InChI is InChI=1S/C16H24N2O3/c1-3-20-16-12-14(13-18-9-11-19-2)6-7-15(16)21-10-5-4-8-17/h6-7,12,18H,3-5,9-11,13H2,1-2H3. The van der Waals surface area contributed by atoms with Gasteiger partial charge in [-0.3, -0.25) is 0 Å². The minimum atomic E-state index is 0.505. The molecule has 0 aromatic heterocycles. The van der Waals surface area contributed by atoms with Crippen molar-refractivity contribution in [3.05, 3.63) is 23.8 Å². The summed E-state index contributed by atoms with van der Waals surface area (Å²) in [6, 6.07) is 8.03. The zero-order valence-electron chi connectivity index (χ0n) is 12.9. The van der Waals surface area contributed by atoms with Gasteiger partial charge in [-0.05, 0) is 31.0 Å². The lowest BCUT2D eigenvalue weighted by Gasteiger charge is -2.13. The molecule has 0 spiro atoms. The summed E-state index contributed by atoms with van der Waals surface area (Å²) in [6.45, 7) is 5.33. The first-order valence-electron chi connectivity index (χ1n) is 7.27.